The van der Waals surface area contributed by atoms with Crippen molar-refractivity contribution >= 4 is 11.6 Å². The van der Waals surface area contributed by atoms with Gasteiger partial charge >= 0.3 is 0 Å². The van der Waals surface area contributed by atoms with Gasteiger partial charge < -0.3 is 9.84 Å². The zero-order valence-electron chi connectivity index (χ0n) is 9.73. The van der Waals surface area contributed by atoms with Crippen molar-refractivity contribution in [2.75, 3.05) is 7.11 Å². The molecule has 1 N–H and O–H groups in total. The van der Waals surface area contributed by atoms with Gasteiger partial charge in [-0.05, 0) is 29.8 Å². The molecule has 0 spiro atoms. The molecule has 2 aromatic carbocycles. The number of aliphatic hydroxyl groups is 1. The SMILES string of the molecule is COc1ccc(C(O)c2ccc(Cl)cc2)c(F)c1. The summed E-state index contributed by atoms with van der Waals surface area (Å²) in [5.74, 6) is -0.0867. The van der Waals surface area contributed by atoms with Crippen molar-refractivity contribution in [2.24, 2.45) is 0 Å². The first-order valence-corrected chi connectivity index (χ1v) is 5.76. The van der Waals surface area contributed by atoms with Crippen LogP contribution in [-0.4, -0.2) is 12.2 Å². The van der Waals surface area contributed by atoms with Gasteiger partial charge in [-0.1, -0.05) is 23.7 Å². The fraction of sp³-hybridized carbons (Fsp3) is 0.143. The fourth-order valence-corrected chi connectivity index (χ4v) is 1.81. The van der Waals surface area contributed by atoms with E-state index >= 15 is 0 Å². The van der Waals surface area contributed by atoms with E-state index < -0.39 is 11.9 Å². The van der Waals surface area contributed by atoms with Crippen molar-refractivity contribution in [1.82, 2.24) is 0 Å². The predicted octanol–water partition coefficient (Wildman–Crippen LogP) is 3.57. The van der Waals surface area contributed by atoms with Crippen LogP contribution in [0.25, 0.3) is 0 Å². The highest BCUT2D eigenvalue weighted by Gasteiger charge is 2.15. The normalized spacial score (nSPS) is 12.2. The van der Waals surface area contributed by atoms with Crippen molar-refractivity contribution in [3.05, 3.63) is 64.4 Å². The van der Waals surface area contributed by atoms with Crippen LogP contribution in [0.2, 0.25) is 5.02 Å². The molecule has 4 heteroatoms. The topological polar surface area (TPSA) is 29.5 Å². The van der Waals surface area contributed by atoms with Crippen molar-refractivity contribution in [3.8, 4) is 5.75 Å². The average Bonchev–Trinajstić information content (AvgIpc) is 2.38. The molecule has 94 valence electrons. The van der Waals surface area contributed by atoms with E-state index in [1.807, 2.05) is 0 Å². The lowest BCUT2D eigenvalue weighted by Crippen LogP contribution is -2.02. The molecule has 0 aromatic heterocycles. The molecule has 2 nitrogen and oxygen atoms in total. The number of hydrogen-bond donors (Lipinski definition) is 1. The predicted molar refractivity (Wildman–Crippen MR) is 68.5 cm³/mol. The van der Waals surface area contributed by atoms with Gasteiger partial charge in [0.1, 0.15) is 17.7 Å². The third-order valence-corrected chi connectivity index (χ3v) is 2.94. The number of halogens is 2. The summed E-state index contributed by atoms with van der Waals surface area (Å²) in [5.41, 5.74) is 0.793. The Labute approximate surface area is 110 Å². The molecule has 0 aliphatic heterocycles. The molecule has 0 amide bonds. The zero-order chi connectivity index (χ0) is 13.1. The highest BCUT2D eigenvalue weighted by atomic mass is 35.5. The molecule has 0 bridgehead atoms. The Bertz CT molecular complexity index is 540. The van der Waals surface area contributed by atoms with Gasteiger partial charge in [-0.25, -0.2) is 4.39 Å². The van der Waals surface area contributed by atoms with Crippen molar-refractivity contribution in [2.45, 2.75) is 6.10 Å². The van der Waals surface area contributed by atoms with Gasteiger partial charge in [0.2, 0.25) is 0 Å². The van der Waals surface area contributed by atoms with Crippen LogP contribution in [0.3, 0.4) is 0 Å². The first kappa shape index (κ1) is 12.9. The van der Waals surface area contributed by atoms with E-state index in [1.54, 1.807) is 30.3 Å². The number of ether oxygens (including phenoxy) is 1. The molecule has 2 aromatic rings. The summed E-state index contributed by atoms with van der Waals surface area (Å²) in [7, 11) is 1.46. The molecule has 0 saturated heterocycles. The highest BCUT2D eigenvalue weighted by Crippen LogP contribution is 2.27. The van der Waals surface area contributed by atoms with Crippen LogP contribution in [0.5, 0.6) is 5.75 Å². The van der Waals surface area contributed by atoms with Gasteiger partial charge in [0.05, 0.1) is 7.11 Å². The van der Waals surface area contributed by atoms with Crippen LogP contribution in [0.15, 0.2) is 42.5 Å². The van der Waals surface area contributed by atoms with Crippen LogP contribution < -0.4 is 4.74 Å². The average molecular weight is 267 g/mol. The summed E-state index contributed by atoms with van der Waals surface area (Å²) < 4.78 is 18.7. The molecule has 1 unspecified atom stereocenters. The van der Waals surface area contributed by atoms with Crippen LogP contribution in [0.1, 0.15) is 17.2 Å². The summed E-state index contributed by atoms with van der Waals surface area (Å²) in [6.45, 7) is 0. The van der Waals surface area contributed by atoms with Crippen molar-refractivity contribution in [1.29, 1.82) is 0 Å². The van der Waals surface area contributed by atoms with E-state index in [-0.39, 0.29) is 5.56 Å². The number of rotatable bonds is 3. The third kappa shape index (κ3) is 2.63. The molecule has 18 heavy (non-hydrogen) atoms. The van der Waals surface area contributed by atoms with E-state index in [0.717, 1.165) is 0 Å². The Morgan fingerprint density at radius 2 is 1.83 bits per heavy atom. The Balaban J connectivity index is 2.33. The zero-order valence-corrected chi connectivity index (χ0v) is 10.5. The molecule has 0 aliphatic carbocycles. The molecule has 0 fully saturated rings. The van der Waals surface area contributed by atoms with Crippen LogP contribution in [-0.2, 0) is 0 Å². The van der Waals surface area contributed by atoms with Gasteiger partial charge in [-0.3, -0.25) is 0 Å². The lowest BCUT2D eigenvalue weighted by atomic mass is 10.0. The minimum absolute atomic E-state index is 0.207. The van der Waals surface area contributed by atoms with E-state index in [2.05, 4.69) is 0 Å². The van der Waals surface area contributed by atoms with Crippen LogP contribution >= 0.6 is 11.6 Å². The molecule has 0 aliphatic rings. The van der Waals surface area contributed by atoms with Crippen molar-refractivity contribution < 1.29 is 14.2 Å². The van der Waals surface area contributed by atoms with Gasteiger partial charge in [0.15, 0.2) is 0 Å². The van der Waals surface area contributed by atoms with Crippen molar-refractivity contribution in [3.63, 3.8) is 0 Å². The second-order valence-electron chi connectivity index (χ2n) is 3.84. The lowest BCUT2D eigenvalue weighted by molar-refractivity contribution is 0.214. The first-order chi connectivity index (χ1) is 8.61. The maximum absolute atomic E-state index is 13.8. The molecule has 0 saturated carbocycles. The summed E-state index contributed by atoms with van der Waals surface area (Å²) in [4.78, 5) is 0. The number of aliphatic hydroxyl groups excluding tert-OH is 1. The maximum Gasteiger partial charge on any atom is 0.133 e. The minimum atomic E-state index is -1.02. The third-order valence-electron chi connectivity index (χ3n) is 2.69. The van der Waals surface area contributed by atoms with Crippen LogP contribution in [0, 0.1) is 5.82 Å². The summed E-state index contributed by atoms with van der Waals surface area (Å²) >= 11 is 5.76. The first-order valence-electron chi connectivity index (χ1n) is 5.39. The second kappa shape index (κ2) is 5.38. The number of methoxy groups -OCH3 is 1. The van der Waals surface area contributed by atoms with E-state index in [4.69, 9.17) is 16.3 Å². The smallest absolute Gasteiger partial charge is 0.133 e. The van der Waals surface area contributed by atoms with E-state index in [1.165, 1.54) is 19.2 Å². The van der Waals surface area contributed by atoms with Gasteiger partial charge in [-0.15, -0.1) is 0 Å². The maximum atomic E-state index is 13.8. The molecule has 0 heterocycles. The standard InChI is InChI=1S/C14H12ClFO2/c1-18-11-6-7-12(13(16)8-11)14(17)9-2-4-10(15)5-3-9/h2-8,14,17H,1H3. The second-order valence-corrected chi connectivity index (χ2v) is 4.28. The van der Waals surface area contributed by atoms with E-state index in [9.17, 15) is 9.50 Å². The molecule has 0 radical (unpaired) electrons. The highest BCUT2D eigenvalue weighted by molar-refractivity contribution is 6.30. The van der Waals surface area contributed by atoms with Gasteiger partial charge in [0.25, 0.3) is 0 Å². The Hall–Kier alpha value is -1.58. The summed E-state index contributed by atoms with van der Waals surface area (Å²) in [5, 5.41) is 10.7. The van der Waals surface area contributed by atoms with E-state index in [0.29, 0.717) is 16.3 Å². The van der Waals surface area contributed by atoms with Gasteiger partial charge in [0, 0.05) is 16.7 Å². The molecule has 2 rings (SSSR count). The number of benzene rings is 2. The lowest BCUT2D eigenvalue weighted by Gasteiger charge is -2.13. The molecule has 1 atom stereocenters. The fourth-order valence-electron chi connectivity index (χ4n) is 1.68. The monoisotopic (exact) mass is 266 g/mol. The van der Waals surface area contributed by atoms with Crippen LogP contribution in [0.4, 0.5) is 4.39 Å². The molecular formula is C14H12ClFO2. The summed E-state index contributed by atoms with van der Waals surface area (Å²) in [6.07, 6.45) is -1.02. The number of hydrogen-bond acceptors (Lipinski definition) is 2. The Morgan fingerprint density at radius 1 is 1.17 bits per heavy atom. The largest absolute Gasteiger partial charge is 0.497 e. The summed E-state index contributed by atoms with van der Waals surface area (Å²) in [6, 6.07) is 11.0. The Morgan fingerprint density at radius 3 is 2.39 bits per heavy atom. The minimum Gasteiger partial charge on any atom is -0.497 e. The Kier molecular flexibility index (Phi) is 3.84. The molecular weight excluding hydrogens is 255 g/mol. The quantitative estimate of drug-likeness (QED) is 0.920. The van der Waals surface area contributed by atoms with Gasteiger partial charge in [-0.2, -0.15) is 0 Å².